The van der Waals surface area contributed by atoms with Crippen LogP contribution in [0.2, 0.25) is 0 Å². The Morgan fingerprint density at radius 1 is 1.35 bits per heavy atom. The van der Waals surface area contributed by atoms with Crippen LogP contribution >= 0.6 is 0 Å². The van der Waals surface area contributed by atoms with Crippen molar-refractivity contribution in [2.24, 2.45) is 17.3 Å². The third-order valence-corrected chi connectivity index (χ3v) is 4.65. The lowest BCUT2D eigenvalue weighted by Gasteiger charge is -2.37. The highest BCUT2D eigenvalue weighted by atomic mass is 16.2. The van der Waals surface area contributed by atoms with Crippen LogP contribution in [0.4, 0.5) is 0 Å². The van der Waals surface area contributed by atoms with E-state index in [0.29, 0.717) is 17.9 Å². The van der Waals surface area contributed by atoms with Crippen LogP contribution in [0.15, 0.2) is 12.4 Å². The number of carbonyl (C=O) groups is 1. The smallest absolute Gasteiger partial charge is 0.225 e. The Bertz CT molecular complexity index is 425. The van der Waals surface area contributed by atoms with E-state index >= 15 is 0 Å². The van der Waals surface area contributed by atoms with Crippen LogP contribution in [-0.2, 0) is 11.3 Å². The summed E-state index contributed by atoms with van der Waals surface area (Å²) >= 11 is 0. The molecule has 1 aromatic heterocycles. The van der Waals surface area contributed by atoms with Crippen molar-refractivity contribution in [1.29, 1.82) is 0 Å². The first-order valence-corrected chi connectivity index (χ1v) is 7.60. The van der Waals surface area contributed by atoms with Crippen molar-refractivity contribution in [3.05, 3.63) is 18.0 Å². The molecule has 0 bridgehead atoms. The molecule has 1 N–H and O–H groups in total. The Hall–Kier alpha value is -1.32. The highest BCUT2D eigenvalue weighted by Gasteiger charge is 2.33. The lowest BCUT2D eigenvalue weighted by Crippen LogP contribution is -2.36. The van der Waals surface area contributed by atoms with Gasteiger partial charge in [0.1, 0.15) is 0 Å². The Morgan fingerprint density at radius 2 is 2.00 bits per heavy atom. The first kappa shape index (κ1) is 15.1. The van der Waals surface area contributed by atoms with Crippen LogP contribution in [0.1, 0.15) is 52.0 Å². The SMILES string of the molecule is CN(Cc1cn[nH]c1)C(=O)C1CCC(C(C)(C)C)CC1. The molecule has 1 aromatic rings. The normalized spacial score (nSPS) is 23.6. The van der Waals surface area contributed by atoms with Gasteiger partial charge in [-0.2, -0.15) is 5.10 Å². The van der Waals surface area contributed by atoms with E-state index in [1.165, 1.54) is 12.8 Å². The molecule has 0 spiro atoms. The summed E-state index contributed by atoms with van der Waals surface area (Å²) in [7, 11) is 1.89. The minimum atomic E-state index is 0.213. The lowest BCUT2D eigenvalue weighted by atomic mass is 9.69. The molecule has 0 saturated heterocycles. The van der Waals surface area contributed by atoms with Crippen LogP contribution in [0.25, 0.3) is 0 Å². The number of nitrogens with zero attached hydrogens (tertiary/aromatic N) is 2. The molecule has 0 aliphatic heterocycles. The van der Waals surface area contributed by atoms with E-state index in [1.807, 2.05) is 18.1 Å². The second-order valence-electron chi connectivity index (χ2n) is 7.22. The molecule has 20 heavy (non-hydrogen) atoms. The molecule has 0 atom stereocenters. The van der Waals surface area contributed by atoms with Gasteiger partial charge in [-0.15, -0.1) is 0 Å². The molecule has 1 fully saturated rings. The second-order valence-corrected chi connectivity index (χ2v) is 7.22. The Kier molecular flexibility index (Phi) is 4.51. The van der Waals surface area contributed by atoms with Gasteiger partial charge in [-0.3, -0.25) is 9.89 Å². The van der Waals surface area contributed by atoms with Gasteiger partial charge in [-0.05, 0) is 37.0 Å². The summed E-state index contributed by atoms with van der Waals surface area (Å²) in [6.07, 6.45) is 8.06. The van der Waals surface area contributed by atoms with Gasteiger partial charge in [0.15, 0.2) is 0 Å². The standard InChI is InChI=1S/C16H27N3O/c1-16(2,3)14-7-5-13(6-8-14)15(20)19(4)11-12-9-17-18-10-12/h9-10,13-14H,5-8,11H2,1-4H3,(H,17,18). The van der Waals surface area contributed by atoms with E-state index in [1.54, 1.807) is 6.20 Å². The topological polar surface area (TPSA) is 49.0 Å². The number of aromatic amines is 1. The third-order valence-electron chi connectivity index (χ3n) is 4.65. The third kappa shape index (κ3) is 3.62. The fourth-order valence-electron chi connectivity index (χ4n) is 3.23. The molecule has 4 heteroatoms. The average molecular weight is 277 g/mol. The number of amides is 1. The van der Waals surface area contributed by atoms with Crippen molar-refractivity contribution in [3.8, 4) is 0 Å². The van der Waals surface area contributed by atoms with Crippen LogP contribution < -0.4 is 0 Å². The molecule has 0 radical (unpaired) electrons. The first-order chi connectivity index (χ1) is 9.38. The maximum absolute atomic E-state index is 12.5. The summed E-state index contributed by atoms with van der Waals surface area (Å²) < 4.78 is 0. The number of carbonyl (C=O) groups excluding carboxylic acids is 1. The number of H-pyrrole nitrogens is 1. The minimum absolute atomic E-state index is 0.213. The van der Waals surface area contributed by atoms with Crippen LogP contribution in [0, 0.1) is 17.3 Å². The van der Waals surface area contributed by atoms with Gasteiger partial charge in [-0.25, -0.2) is 0 Å². The molecule has 1 saturated carbocycles. The summed E-state index contributed by atoms with van der Waals surface area (Å²) in [5.74, 6) is 1.26. The van der Waals surface area contributed by atoms with Gasteiger partial charge < -0.3 is 4.90 Å². The first-order valence-electron chi connectivity index (χ1n) is 7.60. The summed E-state index contributed by atoms with van der Waals surface area (Å²) in [6, 6.07) is 0. The van der Waals surface area contributed by atoms with Gasteiger partial charge in [0.25, 0.3) is 0 Å². The number of aromatic nitrogens is 2. The largest absolute Gasteiger partial charge is 0.341 e. The Labute approximate surface area is 121 Å². The van der Waals surface area contributed by atoms with Gasteiger partial charge in [0, 0.05) is 31.3 Å². The molecular formula is C16H27N3O. The van der Waals surface area contributed by atoms with Gasteiger partial charge in [0.05, 0.1) is 6.20 Å². The summed E-state index contributed by atoms with van der Waals surface area (Å²) in [5.41, 5.74) is 1.43. The molecule has 0 aromatic carbocycles. The molecule has 0 unspecified atom stereocenters. The molecule has 112 valence electrons. The van der Waals surface area contributed by atoms with Crippen molar-refractivity contribution >= 4 is 5.91 Å². The summed E-state index contributed by atoms with van der Waals surface area (Å²) in [4.78, 5) is 14.3. The molecule has 2 rings (SSSR count). The summed E-state index contributed by atoms with van der Waals surface area (Å²) in [5, 5.41) is 6.71. The van der Waals surface area contributed by atoms with Gasteiger partial charge in [-0.1, -0.05) is 20.8 Å². The number of rotatable bonds is 3. The second kappa shape index (κ2) is 5.98. The molecule has 1 aliphatic carbocycles. The fourth-order valence-corrected chi connectivity index (χ4v) is 3.23. The van der Waals surface area contributed by atoms with Crippen LogP contribution in [0.3, 0.4) is 0 Å². The fraction of sp³-hybridized carbons (Fsp3) is 0.750. The van der Waals surface area contributed by atoms with Gasteiger partial charge in [0.2, 0.25) is 5.91 Å². The van der Waals surface area contributed by atoms with Crippen LogP contribution in [-0.4, -0.2) is 28.1 Å². The molecule has 1 amide bonds. The maximum atomic E-state index is 12.5. The maximum Gasteiger partial charge on any atom is 0.225 e. The number of nitrogens with one attached hydrogen (secondary N) is 1. The summed E-state index contributed by atoms with van der Waals surface area (Å²) in [6.45, 7) is 7.58. The monoisotopic (exact) mass is 277 g/mol. The Balaban J connectivity index is 1.85. The average Bonchev–Trinajstić information content (AvgIpc) is 2.90. The molecule has 1 aliphatic rings. The van der Waals surface area contributed by atoms with E-state index < -0.39 is 0 Å². The predicted octanol–water partition coefficient (Wildman–Crippen LogP) is 3.22. The van der Waals surface area contributed by atoms with E-state index in [-0.39, 0.29) is 5.92 Å². The van der Waals surface area contributed by atoms with Crippen LogP contribution in [0.5, 0.6) is 0 Å². The van der Waals surface area contributed by atoms with Crippen molar-refractivity contribution in [2.45, 2.75) is 53.0 Å². The quantitative estimate of drug-likeness (QED) is 0.922. The number of hydrogen-bond donors (Lipinski definition) is 1. The number of hydrogen-bond acceptors (Lipinski definition) is 2. The van der Waals surface area contributed by atoms with E-state index in [2.05, 4.69) is 31.0 Å². The highest BCUT2D eigenvalue weighted by molar-refractivity contribution is 5.78. The highest BCUT2D eigenvalue weighted by Crippen LogP contribution is 2.40. The zero-order chi connectivity index (χ0) is 14.8. The van der Waals surface area contributed by atoms with Crippen molar-refractivity contribution < 1.29 is 4.79 Å². The van der Waals surface area contributed by atoms with Gasteiger partial charge >= 0.3 is 0 Å². The van der Waals surface area contributed by atoms with E-state index in [0.717, 1.165) is 24.3 Å². The zero-order valence-electron chi connectivity index (χ0n) is 13.1. The molecular weight excluding hydrogens is 250 g/mol. The van der Waals surface area contributed by atoms with E-state index in [9.17, 15) is 4.79 Å². The minimum Gasteiger partial charge on any atom is -0.341 e. The molecule has 4 nitrogen and oxygen atoms in total. The van der Waals surface area contributed by atoms with E-state index in [4.69, 9.17) is 0 Å². The van der Waals surface area contributed by atoms with Crippen molar-refractivity contribution in [2.75, 3.05) is 7.05 Å². The lowest BCUT2D eigenvalue weighted by molar-refractivity contribution is -0.136. The zero-order valence-corrected chi connectivity index (χ0v) is 13.1. The molecule has 1 heterocycles. The van der Waals surface area contributed by atoms with Crippen molar-refractivity contribution in [1.82, 2.24) is 15.1 Å². The van der Waals surface area contributed by atoms with Crippen molar-refractivity contribution in [3.63, 3.8) is 0 Å². The Morgan fingerprint density at radius 3 is 2.50 bits per heavy atom. The predicted molar refractivity (Wildman–Crippen MR) is 80.0 cm³/mol.